The second-order valence-corrected chi connectivity index (χ2v) is 6.55. The van der Waals surface area contributed by atoms with E-state index in [9.17, 15) is 9.90 Å². The van der Waals surface area contributed by atoms with Crippen LogP contribution in [-0.4, -0.2) is 17.6 Å². The highest BCUT2D eigenvalue weighted by Gasteiger charge is 2.09. The fourth-order valence-corrected chi connectivity index (χ4v) is 3.07. The van der Waals surface area contributed by atoms with Crippen LogP contribution in [0.25, 0.3) is 11.1 Å². The van der Waals surface area contributed by atoms with E-state index in [0.29, 0.717) is 30.9 Å². The van der Waals surface area contributed by atoms with Crippen LogP contribution in [0, 0.1) is 0 Å². The largest absolute Gasteiger partial charge is 0.489 e. The van der Waals surface area contributed by atoms with Gasteiger partial charge in [0.1, 0.15) is 12.4 Å². The van der Waals surface area contributed by atoms with Gasteiger partial charge in [-0.3, -0.25) is 4.79 Å². The Morgan fingerprint density at radius 3 is 2.25 bits per heavy atom. The topological polar surface area (TPSA) is 98.6 Å². The Bertz CT molecular complexity index is 970. The number of carbonyl (C=O) groups excluding carboxylic acids is 1. The molecular weight excluding hydrogens is 352 g/mol. The molecule has 0 fully saturated rings. The quantitative estimate of drug-likeness (QED) is 0.563. The van der Waals surface area contributed by atoms with E-state index >= 15 is 0 Å². The van der Waals surface area contributed by atoms with Crippen molar-refractivity contribution >= 4 is 5.91 Å². The molecule has 0 aliphatic rings. The van der Waals surface area contributed by atoms with Crippen LogP contribution in [-0.2, 0) is 19.6 Å². The maximum Gasteiger partial charge on any atom is 0.248 e. The highest BCUT2D eigenvalue weighted by atomic mass is 16.5. The molecule has 0 unspecified atom stereocenters. The van der Waals surface area contributed by atoms with E-state index in [0.717, 1.165) is 27.8 Å². The average Bonchev–Trinajstić information content (AvgIpc) is 2.73. The van der Waals surface area contributed by atoms with Crippen molar-refractivity contribution in [3.05, 3.63) is 89.0 Å². The van der Waals surface area contributed by atoms with Gasteiger partial charge in [-0.2, -0.15) is 0 Å². The van der Waals surface area contributed by atoms with Crippen LogP contribution in [0.15, 0.2) is 66.7 Å². The second kappa shape index (κ2) is 9.17. The molecule has 144 valence electrons. The maximum absolute atomic E-state index is 11.4. The van der Waals surface area contributed by atoms with Crippen LogP contribution in [0.3, 0.4) is 0 Å². The first-order chi connectivity index (χ1) is 13.6. The van der Waals surface area contributed by atoms with Gasteiger partial charge in [-0.25, -0.2) is 0 Å². The molecule has 5 heteroatoms. The van der Waals surface area contributed by atoms with Crippen molar-refractivity contribution in [1.82, 2.24) is 0 Å². The normalized spacial score (nSPS) is 10.6. The van der Waals surface area contributed by atoms with E-state index in [4.69, 9.17) is 16.2 Å². The van der Waals surface area contributed by atoms with Crippen molar-refractivity contribution in [3.63, 3.8) is 0 Å². The summed E-state index contributed by atoms with van der Waals surface area (Å²) in [6.45, 7) is 0.843. The Morgan fingerprint density at radius 1 is 0.929 bits per heavy atom. The van der Waals surface area contributed by atoms with Crippen molar-refractivity contribution in [2.45, 2.75) is 19.6 Å². The Morgan fingerprint density at radius 2 is 1.61 bits per heavy atom. The van der Waals surface area contributed by atoms with Crippen LogP contribution in [0.4, 0.5) is 0 Å². The minimum absolute atomic E-state index is 0.0362. The second-order valence-electron chi connectivity index (χ2n) is 6.55. The highest BCUT2D eigenvalue weighted by molar-refractivity contribution is 5.93. The third-order valence-electron chi connectivity index (χ3n) is 4.54. The molecule has 0 aliphatic carbocycles. The van der Waals surface area contributed by atoms with Crippen molar-refractivity contribution in [2.75, 3.05) is 6.61 Å². The van der Waals surface area contributed by atoms with Gasteiger partial charge in [-0.1, -0.05) is 36.4 Å². The first-order valence-corrected chi connectivity index (χ1v) is 9.15. The molecule has 0 atom stereocenters. The zero-order valence-corrected chi connectivity index (χ0v) is 15.6. The van der Waals surface area contributed by atoms with Crippen LogP contribution >= 0.6 is 0 Å². The summed E-state index contributed by atoms with van der Waals surface area (Å²) >= 11 is 0. The number of carbonyl (C=O) groups is 1. The first kappa shape index (κ1) is 19.6. The Hall–Kier alpha value is -3.15. The lowest BCUT2D eigenvalue weighted by Crippen LogP contribution is -2.12. The molecule has 0 bridgehead atoms. The van der Waals surface area contributed by atoms with E-state index in [1.165, 1.54) is 0 Å². The van der Waals surface area contributed by atoms with Gasteiger partial charge < -0.3 is 21.3 Å². The minimum atomic E-state index is -0.502. The van der Waals surface area contributed by atoms with E-state index in [-0.39, 0.29) is 6.61 Å². The zero-order chi connectivity index (χ0) is 19.9. The van der Waals surface area contributed by atoms with Gasteiger partial charge in [0, 0.05) is 18.7 Å². The van der Waals surface area contributed by atoms with E-state index in [1.807, 2.05) is 24.3 Å². The number of amides is 1. The molecule has 0 aromatic heterocycles. The van der Waals surface area contributed by atoms with Crippen molar-refractivity contribution in [1.29, 1.82) is 0 Å². The molecule has 0 aliphatic heterocycles. The molecular formula is C23H24N2O3. The standard InChI is InChI=1S/C23H24N2O3/c24-14-16-3-1-5-18(11-16)19-6-2-4-17(12-19)15-28-22-8-7-21(23(25)27)13-20(22)9-10-26/h1-8,11-13,26H,9-10,14-15,24H2,(H2,25,27). The Balaban J connectivity index is 1.79. The summed E-state index contributed by atoms with van der Waals surface area (Å²) in [5.74, 6) is 0.132. The Labute approximate surface area is 164 Å². The number of aliphatic hydroxyl groups excluding tert-OH is 1. The fourth-order valence-electron chi connectivity index (χ4n) is 3.07. The molecule has 5 nitrogen and oxygen atoms in total. The summed E-state index contributed by atoms with van der Waals surface area (Å²) in [7, 11) is 0. The van der Waals surface area contributed by atoms with Gasteiger partial charge in [0.15, 0.2) is 0 Å². The molecule has 0 spiro atoms. The molecule has 5 N–H and O–H groups in total. The minimum Gasteiger partial charge on any atom is -0.489 e. The van der Waals surface area contributed by atoms with Crippen LogP contribution < -0.4 is 16.2 Å². The van der Waals surface area contributed by atoms with Crippen LogP contribution in [0.1, 0.15) is 27.0 Å². The van der Waals surface area contributed by atoms with Gasteiger partial charge >= 0.3 is 0 Å². The van der Waals surface area contributed by atoms with Crippen molar-refractivity contribution in [2.24, 2.45) is 11.5 Å². The zero-order valence-electron chi connectivity index (χ0n) is 15.6. The molecule has 3 aromatic carbocycles. The number of nitrogens with two attached hydrogens (primary N) is 2. The van der Waals surface area contributed by atoms with E-state index < -0.39 is 5.91 Å². The number of primary amides is 1. The molecule has 0 radical (unpaired) electrons. The molecule has 0 heterocycles. The molecule has 1 amide bonds. The van der Waals surface area contributed by atoms with Gasteiger partial charge in [0.2, 0.25) is 5.91 Å². The van der Waals surface area contributed by atoms with Gasteiger partial charge in [-0.05, 0) is 64.6 Å². The number of hydrogen-bond donors (Lipinski definition) is 3. The highest BCUT2D eigenvalue weighted by Crippen LogP contribution is 2.25. The third kappa shape index (κ3) is 4.76. The number of hydrogen-bond acceptors (Lipinski definition) is 4. The van der Waals surface area contributed by atoms with E-state index in [1.54, 1.807) is 18.2 Å². The van der Waals surface area contributed by atoms with Gasteiger partial charge in [0.25, 0.3) is 0 Å². The summed E-state index contributed by atoms with van der Waals surface area (Å²) < 4.78 is 5.96. The lowest BCUT2D eigenvalue weighted by atomic mass is 10.0. The lowest BCUT2D eigenvalue weighted by molar-refractivity contribution is 0.1000. The van der Waals surface area contributed by atoms with Gasteiger partial charge in [0.05, 0.1) is 0 Å². The smallest absolute Gasteiger partial charge is 0.248 e. The Kier molecular flexibility index (Phi) is 6.42. The van der Waals surface area contributed by atoms with Crippen LogP contribution in [0.2, 0.25) is 0 Å². The number of aliphatic hydroxyl groups is 1. The predicted molar refractivity (Wildman–Crippen MR) is 110 cm³/mol. The molecule has 3 rings (SSSR count). The SMILES string of the molecule is NCc1cccc(-c2cccc(COc3ccc(C(N)=O)cc3CCO)c2)c1. The summed E-state index contributed by atoms with van der Waals surface area (Å²) in [5.41, 5.74) is 16.5. The number of benzene rings is 3. The van der Waals surface area contributed by atoms with Crippen molar-refractivity contribution < 1.29 is 14.6 Å². The van der Waals surface area contributed by atoms with Crippen LogP contribution in [0.5, 0.6) is 5.75 Å². The molecule has 0 saturated carbocycles. The summed E-state index contributed by atoms with van der Waals surface area (Å²) in [6, 6.07) is 21.3. The molecule has 0 saturated heterocycles. The third-order valence-corrected chi connectivity index (χ3v) is 4.54. The average molecular weight is 376 g/mol. The molecule has 28 heavy (non-hydrogen) atoms. The lowest BCUT2D eigenvalue weighted by Gasteiger charge is -2.13. The van der Waals surface area contributed by atoms with E-state index in [2.05, 4.69) is 24.3 Å². The summed E-state index contributed by atoms with van der Waals surface area (Å²) in [6.07, 6.45) is 0.391. The fraction of sp³-hybridized carbons (Fsp3) is 0.174. The molecule has 3 aromatic rings. The monoisotopic (exact) mass is 376 g/mol. The van der Waals surface area contributed by atoms with Crippen molar-refractivity contribution in [3.8, 4) is 16.9 Å². The first-order valence-electron chi connectivity index (χ1n) is 9.15. The summed E-state index contributed by atoms with van der Waals surface area (Å²) in [5, 5.41) is 9.28. The maximum atomic E-state index is 11.4. The summed E-state index contributed by atoms with van der Waals surface area (Å²) in [4.78, 5) is 11.4. The number of ether oxygens (including phenoxy) is 1. The van der Waals surface area contributed by atoms with Gasteiger partial charge in [-0.15, -0.1) is 0 Å². The number of rotatable bonds is 8. The predicted octanol–water partition coefficient (Wildman–Crippen LogP) is 3.03.